The molecule has 2 aromatic rings. The summed E-state index contributed by atoms with van der Waals surface area (Å²) in [5.41, 5.74) is 0.736. The summed E-state index contributed by atoms with van der Waals surface area (Å²) in [5.74, 6) is 0.498. The lowest BCUT2D eigenvalue weighted by atomic mass is 10.1. The molecule has 0 fully saturated rings. The Hall–Kier alpha value is -3.02. The smallest absolute Gasteiger partial charge is 0.258 e. The molecular weight excluding hydrogens is 344 g/mol. The van der Waals surface area contributed by atoms with Crippen LogP contribution in [0.5, 0.6) is 11.5 Å². The van der Waals surface area contributed by atoms with Gasteiger partial charge in [0.05, 0.1) is 7.11 Å². The van der Waals surface area contributed by atoms with Crippen LogP contribution in [-0.2, 0) is 9.59 Å². The first-order valence-corrected chi connectivity index (χ1v) is 8.99. The third-order valence-corrected chi connectivity index (χ3v) is 4.19. The summed E-state index contributed by atoms with van der Waals surface area (Å²) in [6.45, 7) is 4.76. The third-order valence-electron chi connectivity index (χ3n) is 4.19. The lowest BCUT2D eigenvalue weighted by Gasteiger charge is -2.26. The Morgan fingerprint density at radius 2 is 1.56 bits per heavy atom. The van der Waals surface area contributed by atoms with Crippen molar-refractivity contribution in [3.8, 4) is 11.5 Å². The summed E-state index contributed by atoms with van der Waals surface area (Å²) in [7, 11) is 1.54. The molecule has 0 aliphatic carbocycles. The van der Waals surface area contributed by atoms with Crippen LogP contribution in [0, 0.1) is 0 Å². The molecule has 0 heterocycles. The van der Waals surface area contributed by atoms with Gasteiger partial charge in [0.25, 0.3) is 5.91 Å². The number of rotatable bonds is 9. The zero-order chi connectivity index (χ0) is 19.6. The van der Waals surface area contributed by atoms with Gasteiger partial charge in [-0.3, -0.25) is 9.59 Å². The number of nitrogens with zero attached hydrogens (tertiary/aromatic N) is 1. The van der Waals surface area contributed by atoms with E-state index in [4.69, 9.17) is 9.47 Å². The molecule has 144 valence electrons. The quantitative estimate of drug-likeness (QED) is 0.737. The van der Waals surface area contributed by atoms with Crippen LogP contribution < -0.4 is 14.8 Å². The highest BCUT2D eigenvalue weighted by Gasteiger charge is 2.26. The van der Waals surface area contributed by atoms with Gasteiger partial charge >= 0.3 is 0 Å². The summed E-state index contributed by atoms with van der Waals surface area (Å²) in [6, 6.07) is 15.6. The van der Waals surface area contributed by atoms with Crippen molar-refractivity contribution < 1.29 is 19.1 Å². The minimum absolute atomic E-state index is 0.142. The second kappa shape index (κ2) is 10.2. The van der Waals surface area contributed by atoms with Crippen molar-refractivity contribution in [2.24, 2.45) is 0 Å². The normalized spacial score (nSPS) is 11.4. The highest BCUT2D eigenvalue weighted by Crippen LogP contribution is 2.25. The third kappa shape index (κ3) is 5.48. The Balaban J connectivity index is 2.10. The summed E-state index contributed by atoms with van der Waals surface area (Å²) in [4.78, 5) is 27.0. The largest absolute Gasteiger partial charge is 0.493 e. The lowest BCUT2D eigenvalue weighted by Crippen LogP contribution is -2.44. The van der Waals surface area contributed by atoms with Crippen LogP contribution in [0.3, 0.4) is 0 Å². The zero-order valence-electron chi connectivity index (χ0n) is 16.0. The Morgan fingerprint density at radius 1 is 0.963 bits per heavy atom. The summed E-state index contributed by atoms with van der Waals surface area (Å²) in [6.07, 6.45) is 0. The number of para-hydroxylation sites is 2. The van der Waals surface area contributed by atoms with Gasteiger partial charge in [0, 0.05) is 13.1 Å². The van der Waals surface area contributed by atoms with Crippen molar-refractivity contribution in [2.75, 3.05) is 26.8 Å². The van der Waals surface area contributed by atoms with Gasteiger partial charge in [0.15, 0.2) is 18.1 Å². The lowest BCUT2D eigenvalue weighted by molar-refractivity contribution is -0.136. The predicted molar refractivity (Wildman–Crippen MR) is 104 cm³/mol. The molecule has 0 aliphatic rings. The maximum atomic E-state index is 12.9. The molecule has 0 spiro atoms. The van der Waals surface area contributed by atoms with Crippen molar-refractivity contribution in [3.05, 3.63) is 60.2 Å². The fraction of sp³-hybridized carbons (Fsp3) is 0.333. The molecule has 0 radical (unpaired) electrons. The van der Waals surface area contributed by atoms with Crippen LogP contribution in [0.25, 0.3) is 0 Å². The molecule has 0 saturated heterocycles. The minimum Gasteiger partial charge on any atom is -0.493 e. The van der Waals surface area contributed by atoms with E-state index >= 15 is 0 Å². The Morgan fingerprint density at radius 3 is 2.15 bits per heavy atom. The van der Waals surface area contributed by atoms with Gasteiger partial charge in [-0.1, -0.05) is 42.5 Å². The minimum atomic E-state index is -0.750. The van der Waals surface area contributed by atoms with Crippen molar-refractivity contribution in [3.63, 3.8) is 0 Å². The first kappa shape index (κ1) is 20.3. The number of hydrogen-bond acceptors (Lipinski definition) is 4. The number of benzene rings is 2. The molecule has 2 aromatic carbocycles. The van der Waals surface area contributed by atoms with Crippen molar-refractivity contribution >= 4 is 11.8 Å². The van der Waals surface area contributed by atoms with Crippen molar-refractivity contribution in [1.82, 2.24) is 10.2 Å². The Kier molecular flexibility index (Phi) is 7.67. The second-order valence-corrected chi connectivity index (χ2v) is 5.86. The molecule has 1 atom stereocenters. The van der Waals surface area contributed by atoms with Crippen LogP contribution in [0.1, 0.15) is 25.5 Å². The van der Waals surface area contributed by atoms with Crippen LogP contribution in [0.2, 0.25) is 0 Å². The molecule has 2 rings (SSSR count). The SMILES string of the molecule is CCN(CC)C(=O)[C@@H](NC(=O)COc1ccccc1OC)c1ccccc1. The topological polar surface area (TPSA) is 67.9 Å². The zero-order valence-corrected chi connectivity index (χ0v) is 16.0. The van der Waals surface area contributed by atoms with E-state index in [1.54, 1.807) is 23.1 Å². The van der Waals surface area contributed by atoms with E-state index in [-0.39, 0.29) is 18.4 Å². The van der Waals surface area contributed by atoms with E-state index in [1.165, 1.54) is 7.11 Å². The molecule has 2 amide bonds. The summed E-state index contributed by atoms with van der Waals surface area (Å²) >= 11 is 0. The standard InChI is InChI=1S/C21H26N2O4/c1-4-23(5-2)21(25)20(16-11-7-6-8-12-16)22-19(24)15-27-18-14-10-9-13-17(18)26-3/h6-14,20H,4-5,15H2,1-3H3,(H,22,24)/t20-/m0/s1. The van der Waals surface area contributed by atoms with Crippen LogP contribution >= 0.6 is 0 Å². The highest BCUT2D eigenvalue weighted by molar-refractivity contribution is 5.89. The molecule has 27 heavy (non-hydrogen) atoms. The van der Waals surface area contributed by atoms with E-state index in [0.29, 0.717) is 24.6 Å². The molecular formula is C21H26N2O4. The maximum absolute atomic E-state index is 12.9. The summed E-state index contributed by atoms with van der Waals surface area (Å²) < 4.78 is 10.8. The average Bonchev–Trinajstić information content (AvgIpc) is 2.72. The van der Waals surface area contributed by atoms with Crippen molar-refractivity contribution in [2.45, 2.75) is 19.9 Å². The molecule has 6 nitrogen and oxygen atoms in total. The van der Waals surface area contributed by atoms with E-state index in [0.717, 1.165) is 5.56 Å². The van der Waals surface area contributed by atoms with Crippen molar-refractivity contribution in [1.29, 1.82) is 0 Å². The van der Waals surface area contributed by atoms with Gasteiger partial charge in [-0.25, -0.2) is 0 Å². The predicted octanol–water partition coefficient (Wildman–Crippen LogP) is 2.80. The van der Waals surface area contributed by atoms with E-state index < -0.39 is 6.04 Å². The van der Waals surface area contributed by atoms with Gasteiger partial charge < -0.3 is 19.7 Å². The Labute approximate surface area is 160 Å². The summed E-state index contributed by atoms with van der Waals surface area (Å²) in [5, 5.41) is 2.79. The van der Waals surface area contributed by atoms with Gasteiger partial charge in [-0.05, 0) is 31.5 Å². The number of nitrogens with one attached hydrogen (secondary N) is 1. The highest BCUT2D eigenvalue weighted by atomic mass is 16.5. The number of carbonyl (C=O) groups excluding carboxylic acids is 2. The van der Waals surface area contributed by atoms with E-state index in [1.807, 2.05) is 50.2 Å². The molecule has 0 aliphatic heterocycles. The Bertz CT molecular complexity index is 745. The number of carbonyl (C=O) groups is 2. The maximum Gasteiger partial charge on any atom is 0.258 e. The first-order valence-electron chi connectivity index (χ1n) is 8.99. The number of hydrogen-bond donors (Lipinski definition) is 1. The molecule has 0 aromatic heterocycles. The molecule has 0 unspecified atom stereocenters. The number of likely N-dealkylation sites (N-methyl/N-ethyl adjacent to an activating group) is 1. The fourth-order valence-electron chi connectivity index (χ4n) is 2.73. The molecule has 1 N–H and O–H groups in total. The number of ether oxygens (including phenoxy) is 2. The average molecular weight is 370 g/mol. The van der Waals surface area contributed by atoms with Gasteiger partial charge in [-0.2, -0.15) is 0 Å². The monoisotopic (exact) mass is 370 g/mol. The van der Waals surface area contributed by atoms with E-state index in [2.05, 4.69) is 5.32 Å². The number of methoxy groups -OCH3 is 1. The first-order chi connectivity index (χ1) is 13.1. The molecule has 0 saturated carbocycles. The van der Waals surface area contributed by atoms with Crippen LogP contribution in [0.15, 0.2) is 54.6 Å². The fourth-order valence-corrected chi connectivity index (χ4v) is 2.73. The van der Waals surface area contributed by atoms with E-state index in [9.17, 15) is 9.59 Å². The second-order valence-electron chi connectivity index (χ2n) is 5.86. The number of amides is 2. The van der Waals surface area contributed by atoms with Gasteiger partial charge in [-0.15, -0.1) is 0 Å². The molecule has 6 heteroatoms. The van der Waals surface area contributed by atoms with Gasteiger partial charge in [0.2, 0.25) is 5.91 Å². The van der Waals surface area contributed by atoms with Gasteiger partial charge in [0.1, 0.15) is 6.04 Å². The molecule has 0 bridgehead atoms. The van der Waals surface area contributed by atoms with Crippen LogP contribution in [0.4, 0.5) is 0 Å². The van der Waals surface area contributed by atoms with Crippen LogP contribution in [-0.4, -0.2) is 43.5 Å².